The number of carboxylic acids is 1. The zero-order valence-corrected chi connectivity index (χ0v) is 12.6. The number of hydrogen-bond acceptors (Lipinski definition) is 5. The first-order valence-corrected chi connectivity index (χ1v) is 6.49. The molecule has 0 aliphatic heterocycles. The molecule has 1 rings (SSSR count). The molecule has 0 bridgehead atoms. The molecule has 0 unspecified atom stereocenters. The number of rotatable bonds is 5. The minimum absolute atomic E-state index is 0.291. The number of carbonyl (C=O) groups excluding carboxylic acids is 2. The van der Waals surface area contributed by atoms with E-state index in [4.69, 9.17) is 20.8 Å². The van der Waals surface area contributed by atoms with E-state index < -0.39 is 24.5 Å². The Morgan fingerprint density at radius 2 is 2.14 bits per heavy atom. The van der Waals surface area contributed by atoms with Gasteiger partial charge in [0.15, 0.2) is 6.61 Å². The fourth-order valence-corrected chi connectivity index (χ4v) is 1.87. The molecule has 0 aliphatic rings. The van der Waals surface area contributed by atoms with Gasteiger partial charge in [-0.05, 0) is 39.7 Å². The molecule has 0 atom stereocenters. The number of benzene rings is 1. The van der Waals surface area contributed by atoms with Gasteiger partial charge in [-0.2, -0.15) is 5.26 Å². The lowest BCUT2D eigenvalue weighted by atomic mass is 10.1. The third kappa shape index (κ3) is 5.26. The maximum atomic E-state index is 11.5. The monoisotopic (exact) mass is 367 g/mol. The van der Waals surface area contributed by atoms with Crippen LogP contribution in [0.25, 0.3) is 6.08 Å². The fourth-order valence-electron chi connectivity index (χ4n) is 1.36. The van der Waals surface area contributed by atoms with Crippen molar-refractivity contribution in [1.82, 2.24) is 5.32 Å². The summed E-state index contributed by atoms with van der Waals surface area (Å²) in [7, 11) is 0. The summed E-state index contributed by atoms with van der Waals surface area (Å²) >= 11 is 3.18. The Labute approximate surface area is 133 Å². The van der Waals surface area contributed by atoms with Gasteiger partial charge >= 0.3 is 12.0 Å². The van der Waals surface area contributed by atoms with Gasteiger partial charge in [-0.25, -0.2) is 9.59 Å². The summed E-state index contributed by atoms with van der Waals surface area (Å²) in [6.45, 7) is -0.502. The van der Waals surface area contributed by atoms with Crippen LogP contribution in [0.15, 0.2) is 28.2 Å². The van der Waals surface area contributed by atoms with E-state index in [-0.39, 0.29) is 5.57 Å². The van der Waals surface area contributed by atoms with Gasteiger partial charge in [0.05, 0.1) is 4.47 Å². The van der Waals surface area contributed by atoms with Gasteiger partial charge in [-0.3, -0.25) is 10.1 Å². The van der Waals surface area contributed by atoms with E-state index in [0.29, 0.717) is 15.8 Å². The van der Waals surface area contributed by atoms with Gasteiger partial charge in [0.1, 0.15) is 17.4 Å². The van der Waals surface area contributed by atoms with Crippen molar-refractivity contribution in [3.8, 4) is 11.8 Å². The Kier molecular flexibility index (Phi) is 6.09. The average molecular weight is 368 g/mol. The highest BCUT2D eigenvalue weighted by molar-refractivity contribution is 9.10. The van der Waals surface area contributed by atoms with Crippen LogP contribution in [0.2, 0.25) is 0 Å². The van der Waals surface area contributed by atoms with Crippen molar-refractivity contribution >= 4 is 39.9 Å². The zero-order valence-electron chi connectivity index (χ0n) is 11.0. The van der Waals surface area contributed by atoms with Crippen LogP contribution in [0.1, 0.15) is 5.56 Å². The number of nitriles is 1. The van der Waals surface area contributed by atoms with Crippen LogP contribution in [-0.4, -0.2) is 29.6 Å². The van der Waals surface area contributed by atoms with Crippen molar-refractivity contribution in [2.45, 2.75) is 0 Å². The van der Waals surface area contributed by atoms with Crippen molar-refractivity contribution < 1.29 is 24.2 Å². The predicted octanol–water partition coefficient (Wildman–Crippen LogP) is 1.01. The normalized spacial score (nSPS) is 10.5. The summed E-state index contributed by atoms with van der Waals surface area (Å²) in [6.07, 6.45) is 1.24. The number of primary amides is 1. The summed E-state index contributed by atoms with van der Waals surface area (Å²) in [4.78, 5) is 32.5. The number of nitrogens with one attached hydrogen (secondary N) is 1. The number of carboxylic acid groups (broad SMARTS) is 1. The Morgan fingerprint density at radius 1 is 1.45 bits per heavy atom. The zero-order chi connectivity index (χ0) is 16.7. The smallest absolute Gasteiger partial charge is 0.341 e. The average Bonchev–Trinajstić information content (AvgIpc) is 2.42. The van der Waals surface area contributed by atoms with E-state index in [0.717, 1.165) is 0 Å². The predicted molar refractivity (Wildman–Crippen MR) is 78.6 cm³/mol. The van der Waals surface area contributed by atoms with E-state index in [1.54, 1.807) is 11.4 Å². The molecule has 22 heavy (non-hydrogen) atoms. The molecule has 0 spiro atoms. The maximum Gasteiger partial charge on any atom is 0.341 e. The summed E-state index contributed by atoms with van der Waals surface area (Å²) in [6, 6.07) is 5.08. The second-order valence-electron chi connectivity index (χ2n) is 3.86. The molecule has 4 N–H and O–H groups in total. The summed E-state index contributed by atoms with van der Waals surface area (Å²) in [5.74, 6) is -1.75. The van der Waals surface area contributed by atoms with Crippen molar-refractivity contribution in [3.05, 3.63) is 33.8 Å². The van der Waals surface area contributed by atoms with Crippen LogP contribution >= 0.6 is 15.9 Å². The van der Waals surface area contributed by atoms with Gasteiger partial charge in [0, 0.05) is 0 Å². The first kappa shape index (κ1) is 17.2. The molecule has 3 amide bonds. The Hall–Kier alpha value is -2.86. The Bertz CT molecular complexity index is 693. The lowest BCUT2D eigenvalue weighted by Crippen LogP contribution is -2.35. The van der Waals surface area contributed by atoms with E-state index >= 15 is 0 Å². The molecule has 1 aromatic rings. The Balaban J connectivity index is 2.97. The van der Waals surface area contributed by atoms with E-state index in [9.17, 15) is 14.4 Å². The minimum Gasteiger partial charge on any atom is -0.481 e. The van der Waals surface area contributed by atoms with Crippen LogP contribution < -0.4 is 15.8 Å². The van der Waals surface area contributed by atoms with E-state index in [1.807, 2.05) is 0 Å². The van der Waals surface area contributed by atoms with Crippen molar-refractivity contribution in [2.75, 3.05) is 6.61 Å². The number of nitrogens with two attached hydrogens (primary N) is 1. The molecule has 0 fully saturated rings. The van der Waals surface area contributed by atoms with E-state index in [2.05, 4.69) is 15.9 Å². The van der Waals surface area contributed by atoms with Crippen LogP contribution in [-0.2, 0) is 9.59 Å². The largest absolute Gasteiger partial charge is 0.481 e. The Morgan fingerprint density at radius 3 is 2.64 bits per heavy atom. The number of amides is 3. The fraction of sp³-hybridized carbons (Fsp3) is 0.0769. The van der Waals surface area contributed by atoms with Crippen LogP contribution in [0.3, 0.4) is 0 Å². The van der Waals surface area contributed by atoms with Crippen LogP contribution in [0, 0.1) is 11.3 Å². The molecule has 0 radical (unpaired) electrons. The van der Waals surface area contributed by atoms with Gasteiger partial charge < -0.3 is 15.6 Å². The quantitative estimate of drug-likeness (QED) is 0.523. The number of carbonyl (C=O) groups is 3. The molecule has 8 nitrogen and oxygen atoms in total. The summed E-state index contributed by atoms with van der Waals surface area (Å²) in [5.41, 5.74) is 4.95. The van der Waals surface area contributed by atoms with Crippen molar-refractivity contribution in [3.63, 3.8) is 0 Å². The number of nitrogens with zero attached hydrogens (tertiary/aromatic N) is 1. The number of urea groups is 1. The molecule has 9 heteroatoms. The van der Waals surface area contributed by atoms with Crippen molar-refractivity contribution in [1.29, 1.82) is 5.26 Å². The second-order valence-corrected chi connectivity index (χ2v) is 4.71. The lowest BCUT2D eigenvalue weighted by molar-refractivity contribution is -0.139. The first-order valence-electron chi connectivity index (χ1n) is 5.70. The SMILES string of the molecule is N#C/C(=C/c1ccc(OCC(=O)O)c(Br)c1)C(=O)NC(N)=O. The van der Waals surface area contributed by atoms with E-state index in [1.165, 1.54) is 24.3 Å². The van der Waals surface area contributed by atoms with Crippen molar-refractivity contribution in [2.24, 2.45) is 5.73 Å². The third-order valence-electron chi connectivity index (χ3n) is 2.22. The highest BCUT2D eigenvalue weighted by atomic mass is 79.9. The molecule has 0 aromatic heterocycles. The molecule has 0 heterocycles. The van der Waals surface area contributed by atoms with Gasteiger partial charge in [-0.1, -0.05) is 6.07 Å². The molecule has 1 aromatic carbocycles. The first-order chi connectivity index (χ1) is 10.3. The number of ether oxygens (including phenoxy) is 1. The number of aliphatic carboxylic acids is 1. The lowest BCUT2D eigenvalue weighted by Gasteiger charge is -2.06. The number of imide groups is 1. The summed E-state index contributed by atoms with van der Waals surface area (Å²) in [5, 5.41) is 19.2. The minimum atomic E-state index is -1.12. The molecule has 0 saturated heterocycles. The second kappa shape index (κ2) is 7.80. The molecular weight excluding hydrogens is 358 g/mol. The van der Waals surface area contributed by atoms with Gasteiger partial charge in [-0.15, -0.1) is 0 Å². The van der Waals surface area contributed by atoms with Crippen LogP contribution in [0.5, 0.6) is 5.75 Å². The molecule has 114 valence electrons. The highest BCUT2D eigenvalue weighted by Gasteiger charge is 2.11. The van der Waals surface area contributed by atoms with Gasteiger partial charge in [0.2, 0.25) is 0 Å². The summed E-state index contributed by atoms with van der Waals surface area (Å²) < 4.78 is 5.45. The highest BCUT2D eigenvalue weighted by Crippen LogP contribution is 2.26. The topological polar surface area (TPSA) is 143 Å². The number of hydrogen-bond donors (Lipinski definition) is 3. The maximum absolute atomic E-state index is 11.5. The standard InChI is InChI=1S/C13H10BrN3O5/c14-9-4-7(1-2-10(9)22-6-11(18)19)3-8(5-15)12(20)17-13(16)21/h1-4H,6H2,(H,18,19)(H3,16,17,20,21)/b8-3-. The molecular formula is C13H10BrN3O5. The number of halogens is 1. The van der Waals surface area contributed by atoms with Gasteiger partial charge in [0.25, 0.3) is 5.91 Å². The molecule has 0 aliphatic carbocycles. The molecule has 0 saturated carbocycles. The van der Waals surface area contributed by atoms with Crippen LogP contribution in [0.4, 0.5) is 4.79 Å². The third-order valence-corrected chi connectivity index (χ3v) is 2.84.